The number of ether oxygens (including phenoxy) is 2. The molecule has 1 saturated heterocycles. The number of Topliss-reactive ketones (excluding diaryl/α,β-unsaturated/α-hetero) is 1. The van der Waals surface area contributed by atoms with Gasteiger partial charge in [-0.2, -0.15) is 0 Å². The minimum absolute atomic E-state index is 0.0251. The van der Waals surface area contributed by atoms with Crippen molar-refractivity contribution in [2.45, 2.75) is 45.6 Å². The molecule has 2 aromatic carbocycles. The summed E-state index contributed by atoms with van der Waals surface area (Å²) >= 11 is 0. The molecule has 0 saturated carbocycles. The number of methoxy groups -OCH3 is 1. The fraction of sp³-hybridized carbons (Fsp3) is 0.407. The van der Waals surface area contributed by atoms with Crippen molar-refractivity contribution in [3.63, 3.8) is 0 Å². The van der Waals surface area contributed by atoms with Crippen molar-refractivity contribution in [3.05, 3.63) is 64.7 Å². The Balaban J connectivity index is 2.17. The van der Waals surface area contributed by atoms with E-state index in [0.717, 1.165) is 5.56 Å². The van der Waals surface area contributed by atoms with E-state index in [1.807, 2.05) is 33.8 Å². The number of aliphatic hydroxyl groups excluding tert-OH is 1. The number of benzene rings is 2. The van der Waals surface area contributed by atoms with E-state index >= 15 is 0 Å². The van der Waals surface area contributed by atoms with Crippen molar-refractivity contribution in [2.75, 3.05) is 26.9 Å². The maximum Gasteiger partial charge on any atom is 0.295 e. The largest absolute Gasteiger partial charge is 0.508 e. The number of likely N-dealkylation sites (tertiary alicyclic amines) is 1. The van der Waals surface area contributed by atoms with Crippen molar-refractivity contribution in [1.29, 1.82) is 0 Å². The highest BCUT2D eigenvalue weighted by molar-refractivity contribution is 6.46. The second-order valence-corrected chi connectivity index (χ2v) is 9.32. The van der Waals surface area contributed by atoms with Gasteiger partial charge in [0.2, 0.25) is 0 Å². The molecule has 2 N–H and O–H groups in total. The van der Waals surface area contributed by atoms with E-state index < -0.39 is 17.7 Å². The molecule has 0 spiro atoms. The average Bonchev–Trinajstić information content (AvgIpc) is 3.04. The molecule has 1 heterocycles. The molecule has 0 aliphatic carbocycles. The van der Waals surface area contributed by atoms with Gasteiger partial charge >= 0.3 is 0 Å². The Morgan fingerprint density at radius 3 is 2.35 bits per heavy atom. The number of ketones is 1. The molecular weight excluding hydrogens is 434 g/mol. The predicted molar refractivity (Wildman–Crippen MR) is 130 cm³/mol. The zero-order valence-corrected chi connectivity index (χ0v) is 20.4. The van der Waals surface area contributed by atoms with Crippen molar-refractivity contribution in [3.8, 4) is 11.5 Å². The molecule has 182 valence electrons. The summed E-state index contributed by atoms with van der Waals surface area (Å²) in [7, 11) is 1.57. The standard InChI is InChI=1S/C27H33NO6/c1-6-34-21-13-10-18(16-20(21)27(2,3)4)24(30)22-23(17-8-11-19(29)12-9-17)28(14-7-15-33-5)26(32)25(22)31/h8-13,16,23,29-30H,6-7,14-15H2,1-5H3/b24-22-. The number of nitrogens with zero attached hydrogens (tertiary/aromatic N) is 1. The zero-order valence-electron chi connectivity index (χ0n) is 20.4. The van der Waals surface area contributed by atoms with Gasteiger partial charge in [-0.3, -0.25) is 9.59 Å². The smallest absolute Gasteiger partial charge is 0.295 e. The molecular formula is C27H33NO6. The number of aliphatic hydroxyl groups is 1. The summed E-state index contributed by atoms with van der Waals surface area (Å²) in [5.41, 5.74) is 1.69. The molecule has 1 fully saturated rings. The first-order valence-corrected chi connectivity index (χ1v) is 11.4. The number of hydrogen-bond acceptors (Lipinski definition) is 6. The second kappa shape index (κ2) is 10.3. The van der Waals surface area contributed by atoms with Gasteiger partial charge in [0.25, 0.3) is 11.7 Å². The minimum Gasteiger partial charge on any atom is -0.508 e. The SMILES string of the molecule is CCOc1ccc(/C(O)=C2/C(=O)C(=O)N(CCCOC)C2c2ccc(O)cc2)cc1C(C)(C)C. The number of phenolic OH excluding ortho intramolecular Hbond substituents is 1. The fourth-order valence-corrected chi connectivity index (χ4v) is 4.19. The first kappa shape index (κ1) is 25.3. The lowest BCUT2D eigenvalue weighted by atomic mass is 9.84. The molecule has 7 nitrogen and oxygen atoms in total. The van der Waals surface area contributed by atoms with E-state index in [0.29, 0.717) is 36.5 Å². The molecule has 7 heteroatoms. The third-order valence-electron chi connectivity index (χ3n) is 5.86. The van der Waals surface area contributed by atoms with Crippen molar-refractivity contribution >= 4 is 17.4 Å². The zero-order chi connectivity index (χ0) is 25.0. The molecule has 1 aliphatic heterocycles. The maximum atomic E-state index is 13.2. The highest BCUT2D eigenvalue weighted by atomic mass is 16.5. The van der Waals surface area contributed by atoms with E-state index in [-0.39, 0.29) is 29.0 Å². The highest BCUT2D eigenvalue weighted by Crippen LogP contribution is 2.41. The number of phenols is 1. The summed E-state index contributed by atoms with van der Waals surface area (Å²) in [5, 5.41) is 21.1. The second-order valence-electron chi connectivity index (χ2n) is 9.32. The van der Waals surface area contributed by atoms with Crippen LogP contribution in [-0.4, -0.2) is 53.7 Å². The summed E-state index contributed by atoms with van der Waals surface area (Å²) in [6.45, 7) is 9.25. The average molecular weight is 468 g/mol. The molecule has 1 unspecified atom stereocenters. The third kappa shape index (κ3) is 5.09. The molecule has 0 aromatic heterocycles. The quantitative estimate of drug-likeness (QED) is 0.256. The minimum atomic E-state index is -0.776. The number of aromatic hydroxyl groups is 1. The van der Waals surface area contributed by atoms with E-state index in [4.69, 9.17) is 9.47 Å². The molecule has 1 aliphatic rings. The number of rotatable bonds is 8. The van der Waals surface area contributed by atoms with E-state index in [2.05, 4.69) is 0 Å². The van der Waals surface area contributed by atoms with Crippen LogP contribution >= 0.6 is 0 Å². The van der Waals surface area contributed by atoms with Gasteiger partial charge in [-0.25, -0.2) is 0 Å². The van der Waals surface area contributed by atoms with E-state index in [1.165, 1.54) is 17.0 Å². The van der Waals surface area contributed by atoms with Crippen LogP contribution in [0.3, 0.4) is 0 Å². The van der Waals surface area contributed by atoms with Gasteiger partial charge in [-0.05, 0) is 54.7 Å². The lowest BCUT2D eigenvalue weighted by Crippen LogP contribution is -2.31. The van der Waals surface area contributed by atoms with Crippen molar-refractivity contribution < 1.29 is 29.3 Å². The Hall–Kier alpha value is -3.32. The first-order chi connectivity index (χ1) is 16.1. The fourth-order valence-electron chi connectivity index (χ4n) is 4.19. The number of hydrogen-bond donors (Lipinski definition) is 2. The molecule has 2 aromatic rings. The Morgan fingerprint density at radius 2 is 1.76 bits per heavy atom. The molecule has 0 radical (unpaired) electrons. The summed E-state index contributed by atoms with van der Waals surface area (Å²) in [6.07, 6.45) is 0.537. The van der Waals surface area contributed by atoms with Gasteiger partial charge < -0.3 is 24.6 Å². The van der Waals surface area contributed by atoms with Gasteiger partial charge in [0.1, 0.15) is 17.3 Å². The van der Waals surface area contributed by atoms with Crippen LogP contribution in [-0.2, 0) is 19.7 Å². The molecule has 0 bridgehead atoms. The van der Waals surface area contributed by atoms with Crippen LogP contribution in [0.2, 0.25) is 0 Å². The predicted octanol–water partition coefficient (Wildman–Crippen LogP) is 4.55. The Labute approximate surface area is 200 Å². The van der Waals surface area contributed by atoms with Crippen molar-refractivity contribution in [2.24, 2.45) is 0 Å². The topological polar surface area (TPSA) is 96.3 Å². The molecule has 3 rings (SSSR count). The van der Waals surface area contributed by atoms with Crippen LogP contribution in [0.4, 0.5) is 0 Å². The van der Waals surface area contributed by atoms with Crippen LogP contribution in [0, 0.1) is 0 Å². The lowest BCUT2D eigenvalue weighted by molar-refractivity contribution is -0.140. The van der Waals surface area contributed by atoms with Gasteiger partial charge in [-0.15, -0.1) is 0 Å². The van der Waals surface area contributed by atoms with Crippen molar-refractivity contribution in [1.82, 2.24) is 4.90 Å². The lowest BCUT2D eigenvalue weighted by Gasteiger charge is -2.26. The van der Waals surface area contributed by atoms with Crippen LogP contribution < -0.4 is 4.74 Å². The van der Waals surface area contributed by atoms with Gasteiger partial charge in [0, 0.05) is 31.4 Å². The van der Waals surface area contributed by atoms with Gasteiger partial charge in [0.05, 0.1) is 18.2 Å². The van der Waals surface area contributed by atoms with Crippen LogP contribution in [0.15, 0.2) is 48.0 Å². The van der Waals surface area contributed by atoms with Crippen LogP contribution in [0.25, 0.3) is 5.76 Å². The van der Waals surface area contributed by atoms with Gasteiger partial charge in [-0.1, -0.05) is 32.9 Å². The number of amides is 1. The summed E-state index contributed by atoms with van der Waals surface area (Å²) < 4.78 is 10.9. The number of carbonyl (C=O) groups excluding carboxylic acids is 2. The summed E-state index contributed by atoms with van der Waals surface area (Å²) in [4.78, 5) is 27.6. The first-order valence-electron chi connectivity index (χ1n) is 11.4. The van der Waals surface area contributed by atoms with Gasteiger partial charge in [0.15, 0.2) is 0 Å². The maximum absolute atomic E-state index is 13.2. The van der Waals surface area contributed by atoms with E-state index in [9.17, 15) is 19.8 Å². The normalized spacial score (nSPS) is 17.9. The monoisotopic (exact) mass is 467 g/mol. The summed E-state index contributed by atoms with van der Waals surface area (Å²) in [5.74, 6) is -0.862. The summed E-state index contributed by atoms with van der Waals surface area (Å²) in [6, 6.07) is 10.8. The van der Waals surface area contributed by atoms with E-state index in [1.54, 1.807) is 31.4 Å². The van der Waals surface area contributed by atoms with Crippen LogP contribution in [0.5, 0.6) is 11.5 Å². The Kier molecular flexibility index (Phi) is 7.67. The number of carbonyl (C=O) groups is 2. The molecule has 1 amide bonds. The highest BCUT2D eigenvalue weighted by Gasteiger charge is 2.45. The van der Waals surface area contributed by atoms with Crippen LogP contribution in [0.1, 0.15) is 56.8 Å². The Bertz CT molecular complexity index is 1080. The molecule has 1 atom stereocenters. The molecule has 34 heavy (non-hydrogen) atoms. The Morgan fingerprint density at radius 1 is 1.09 bits per heavy atom. The third-order valence-corrected chi connectivity index (χ3v) is 5.86.